The van der Waals surface area contributed by atoms with Crippen molar-refractivity contribution in [1.29, 1.82) is 0 Å². The van der Waals surface area contributed by atoms with E-state index >= 15 is 0 Å². The first kappa shape index (κ1) is 30.5. The predicted octanol–water partition coefficient (Wildman–Crippen LogP) is 5.44. The van der Waals surface area contributed by atoms with Gasteiger partial charge in [0.2, 0.25) is 11.8 Å². The van der Waals surface area contributed by atoms with Gasteiger partial charge >= 0.3 is 0 Å². The van der Waals surface area contributed by atoms with Crippen LogP contribution in [-0.2, 0) is 32.6 Å². The molecule has 2 amide bonds. The molecule has 42 heavy (non-hydrogen) atoms. The molecule has 0 bridgehead atoms. The molecule has 4 rings (SSSR count). The third-order valence-electron chi connectivity index (χ3n) is 6.62. The maximum absolute atomic E-state index is 14.4. The maximum Gasteiger partial charge on any atom is 0.264 e. The van der Waals surface area contributed by atoms with Crippen molar-refractivity contribution in [3.8, 4) is 0 Å². The van der Waals surface area contributed by atoms with Gasteiger partial charge in [-0.05, 0) is 56.2 Å². The molecule has 0 aliphatic carbocycles. The quantitative estimate of drug-likeness (QED) is 0.255. The summed E-state index contributed by atoms with van der Waals surface area (Å²) in [7, 11) is -4.10. The Balaban J connectivity index is 1.78. The minimum Gasteiger partial charge on any atom is -0.350 e. The molecule has 218 valence electrons. The molecule has 0 fully saturated rings. The molecule has 1 atom stereocenters. The van der Waals surface area contributed by atoms with Gasteiger partial charge in [-0.2, -0.15) is 0 Å². The van der Waals surface area contributed by atoms with Gasteiger partial charge in [-0.3, -0.25) is 13.9 Å². The molecular formula is C34H37N3O4S. The zero-order valence-corrected chi connectivity index (χ0v) is 25.0. The third kappa shape index (κ3) is 8.07. The van der Waals surface area contributed by atoms with Crippen molar-refractivity contribution in [2.24, 2.45) is 0 Å². The summed E-state index contributed by atoms with van der Waals surface area (Å²) in [5.74, 6) is -0.806. The Morgan fingerprint density at radius 3 is 1.71 bits per heavy atom. The Morgan fingerprint density at radius 2 is 1.19 bits per heavy atom. The zero-order valence-electron chi connectivity index (χ0n) is 24.2. The molecule has 0 aliphatic heterocycles. The maximum atomic E-state index is 14.4. The van der Waals surface area contributed by atoms with Gasteiger partial charge in [0.25, 0.3) is 10.0 Å². The summed E-state index contributed by atoms with van der Waals surface area (Å²) in [6.07, 6.45) is 0.262. The molecule has 0 aromatic heterocycles. The number of benzene rings is 4. The monoisotopic (exact) mass is 583 g/mol. The van der Waals surface area contributed by atoms with Crippen LogP contribution in [0.3, 0.4) is 0 Å². The van der Waals surface area contributed by atoms with Gasteiger partial charge in [-0.25, -0.2) is 8.42 Å². The van der Waals surface area contributed by atoms with Crippen molar-refractivity contribution >= 4 is 27.5 Å². The number of hydrogen-bond acceptors (Lipinski definition) is 4. The SMILES string of the molecule is CC(C)(C)NC(=O)[C@@H](Cc1ccccc1)N(Cc1ccccc1)C(=O)CN(c1ccccc1)S(=O)(=O)c1ccccc1. The lowest BCUT2D eigenvalue weighted by molar-refractivity contribution is -0.140. The normalized spacial score (nSPS) is 12.3. The van der Waals surface area contributed by atoms with E-state index in [0.717, 1.165) is 15.4 Å². The number of carbonyl (C=O) groups is 2. The molecule has 0 aliphatic rings. The minimum atomic E-state index is -4.10. The van der Waals surface area contributed by atoms with Gasteiger partial charge in [-0.1, -0.05) is 97.1 Å². The van der Waals surface area contributed by atoms with Gasteiger partial charge in [0.15, 0.2) is 0 Å². The first-order chi connectivity index (χ1) is 20.0. The Labute approximate surface area is 248 Å². The number of nitrogens with zero attached hydrogens (tertiary/aromatic N) is 2. The number of anilines is 1. The Morgan fingerprint density at radius 1 is 0.714 bits per heavy atom. The van der Waals surface area contributed by atoms with E-state index in [2.05, 4.69) is 5.32 Å². The number of rotatable bonds is 11. The molecule has 0 unspecified atom stereocenters. The summed E-state index contributed by atoms with van der Waals surface area (Å²) >= 11 is 0. The highest BCUT2D eigenvalue weighted by Gasteiger charge is 2.35. The molecule has 0 radical (unpaired) electrons. The second-order valence-corrected chi connectivity index (χ2v) is 13.0. The van der Waals surface area contributed by atoms with E-state index in [1.165, 1.54) is 17.0 Å². The number of para-hydroxylation sites is 1. The fourth-order valence-electron chi connectivity index (χ4n) is 4.63. The van der Waals surface area contributed by atoms with E-state index in [1.54, 1.807) is 48.5 Å². The van der Waals surface area contributed by atoms with Crippen molar-refractivity contribution in [1.82, 2.24) is 10.2 Å². The van der Waals surface area contributed by atoms with E-state index in [-0.39, 0.29) is 23.8 Å². The number of carbonyl (C=O) groups excluding carboxylic acids is 2. The van der Waals surface area contributed by atoms with Crippen molar-refractivity contribution < 1.29 is 18.0 Å². The minimum absolute atomic E-state index is 0.0718. The number of sulfonamides is 1. The number of nitrogens with one attached hydrogen (secondary N) is 1. The molecule has 1 N–H and O–H groups in total. The van der Waals surface area contributed by atoms with E-state index in [4.69, 9.17) is 0 Å². The zero-order chi connectivity index (χ0) is 30.2. The average molecular weight is 584 g/mol. The summed E-state index contributed by atoms with van der Waals surface area (Å²) in [5.41, 5.74) is 1.52. The van der Waals surface area contributed by atoms with E-state index in [1.807, 2.05) is 81.4 Å². The van der Waals surface area contributed by atoms with Gasteiger partial charge in [0.1, 0.15) is 12.6 Å². The molecule has 4 aromatic carbocycles. The number of amides is 2. The summed E-state index contributed by atoms with van der Waals surface area (Å²) in [5, 5.41) is 3.04. The lowest BCUT2D eigenvalue weighted by Crippen LogP contribution is -2.56. The molecule has 8 heteroatoms. The highest BCUT2D eigenvalue weighted by atomic mass is 32.2. The predicted molar refractivity (Wildman–Crippen MR) is 166 cm³/mol. The number of hydrogen-bond donors (Lipinski definition) is 1. The van der Waals surface area contributed by atoms with E-state index in [0.29, 0.717) is 5.69 Å². The van der Waals surface area contributed by atoms with Crippen LogP contribution in [0.25, 0.3) is 0 Å². The summed E-state index contributed by atoms with van der Waals surface area (Å²) in [6, 6.07) is 34.6. The smallest absolute Gasteiger partial charge is 0.264 e. The molecule has 4 aromatic rings. The first-order valence-electron chi connectivity index (χ1n) is 13.9. The lowest BCUT2D eigenvalue weighted by Gasteiger charge is -2.35. The van der Waals surface area contributed by atoms with Crippen LogP contribution >= 0.6 is 0 Å². The van der Waals surface area contributed by atoms with Crippen LogP contribution in [0.1, 0.15) is 31.9 Å². The average Bonchev–Trinajstić information content (AvgIpc) is 2.98. The van der Waals surface area contributed by atoms with Crippen LogP contribution in [-0.4, -0.2) is 43.3 Å². The highest BCUT2D eigenvalue weighted by Crippen LogP contribution is 2.25. The first-order valence-corrected chi connectivity index (χ1v) is 15.3. The molecule has 0 spiro atoms. The van der Waals surface area contributed by atoms with Gasteiger partial charge in [0, 0.05) is 18.5 Å². The topological polar surface area (TPSA) is 86.8 Å². The van der Waals surface area contributed by atoms with Gasteiger partial charge in [0.05, 0.1) is 10.6 Å². The largest absolute Gasteiger partial charge is 0.350 e. The molecular weight excluding hydrogens is 546 g/mol. The molecule has 0 saturated heterocycles. The van der Waals surface area contributed by atoms with Gasteiger partial charge in [-0.15, -0.1) is 0 Å². The van der Waals surface area contributed by atoms with Crippen molar-refractivity contribution in [3.63, 3.8) is 0 Å². The van der Waals surface area contributed by atoms with Crippen molar-refractivity contribution in [3.05, 3.63) is 132 Å². The van der Waals surface area contributed by atoms with Crippen LogP contribution in [0.15, 0.2) is 126 Å². The van der Waals surface area contributed by atoms with Crippen LogP contribution in [0.5, 0.6) is 0 Å². The van der Waals surface area contributed by atoms with Crippen molar-refractivity contribution in [2.75, 3.05) is 10.8 Å². The Kier molecular flexibility index (Phi) is 9.80. The summed E-state index contributed by atoms with van der Waals surface area (Å²) in [4.78, 5) is 29.8. The standard InChI is InChI=1S/C34H37N3O4S/c1-34(2,3)35-33(39)31(24-27-16-8-4-9-17-27)36(25-28-18-10-5-11-19-28)32(38)26-37(29-20-12-6-13-21-29)42(40,41)30-22-14-7-15-23-30/h4-23,31H,24-26H2,1-3H3,(H,35,39)/t31-/m1/s1. The Hall–Kier alpha value is -4.43. The van der Waals surface area contributed by atoms with Crippen molar-refractivity contribution in [2.45, 2.75) is 50.2 Å². The second-order valence-electron chi connectivity index (χ2n) is 11.1. The van der Waals surface area contributed by atoms with E-state index in [9.17, 15) is 18.0 Å². The van der Waals surface area contributed by atoms with Crippen LogP contribution < -0.4 is 9.62 Å². The van der Waals surface area contributed by atoms with Crippen LogP contribution in [0.2, 0.25) is 0 Å². The van der Waals surface area contributed by atoms with Crippen LogP contribution in [0, 0.1) is 0 Å². The molecule has 7 nitrogen and oxygen atoms in total. The summed E-state index contributed by atoms with van der Waals surface area (Å²) < 4.78 is 28.9. The van der Waals surface area contributed by atoms with Crippen LogP contribution in [0.4, 0.5) is 5.69 Å². The van der Waals surface area contributed by atoms with Gasteiger partial charge < -0.3 is 10.2 Å². The Bertz CT molecular complexity index is 1560. The fourth-order valence-corrected chi connectivity index (χ4v) is 6.06. The second kappa shape index (κ2) is 13.5. The highest BCUT2D eigenvalue weighted by molar-refractivity contribution is 7.92. The lowest BCUT2D eigenvalue weighted by atomic mass is 10.0. The fraction of sp³-hybridized carbons (Fsp3) is 0.235. The summed E-state index contributed by atoms with van der Waals surface area (Å²) in [6.45, 7) is 5.30. The molecule has 0 heterocycles. The van der Waals surface area contributed by atoms with E-state index < -0.39 is 34.1 Å². The third-order valence-corrected chi connectivity index (χ3v) is 8.41. The molecule has 0 saturated carbocycles.